The van der Waals surface area contributed by atoms with Crippen molar-refractivity contribution < 1.29 is 0 Å². The van der Waals surface area contributed by atoms with Crippen LogP contribution in [0.5, 0.6) is 0 Å². The van der Waals surface area contributed by atoms with E-state index in [0.717, 1.165) is 66.5 Å². The summed E-state index contributed by atoms with van der Waals surface area (Å²) in [6, 6.07) is 0.671. The SMILES string of the molecule is CC1C2C3CC4C5C6CC7C8C9CC%10C%11C(N)C1%12C21C34C52C67C83C%109C%11%12C123. The molecule has 0 aromatic rings. The first kappa shape index (κ1) is 10.1. The molecule has 0 aliphatic heterocycles. The van der Waals surface area contributed by atoms with E-state index in [-0.39, 0.29) is 0 Å². The summed E-state index contributed by atoms with van der Waals surface area (Å²) < 4.78 is 0. The van der Waals surface area contributed by atoms with Gasteiger partial charge in [-0.25, -0.2) is 0 Å². The smallest absolute Gasteiger partial charge is 0.0147 e. The van der Waals surface area contributed by atoms with Gasteiger partial charge < -0.3 is 5.73 Å². The molecule has 0 bridgehead atoms. The molecule has 21 atom stereocenters. The highest BCUT2D eigenvalue weighted by Crippen LogP contribution is 3.47. The maximum atomic E-state index is 7.27. The maximum absolute atomic E-state index is 7.27. The van der Waals surface area contributed by atoms with Crippen LogP contribution in [-0.4, -0.2) is 6.04 Å². The average molecular weight is 337 g/mol. The van der Waals surface area contributed by atoms with Crippen LogP contribution in [0.2, 0.25) is 0 Å². The van der Waals surface area contributed by atoms with Gasteiger partial charge in [0, 0.05) is 11.5 Å². The highest BCUT2D eigenvalue weighted by atomic mass is 15.5. The van der Waals surface area contributed by atoms with Crippen LogP contribution in [0.3, 0.4) is 0 Å². The second kappa shape index (κ2) is 1.66. The van der Waals surface area contributed by atoms with Gasteiger partial charge >= 0.3 is 0 Å². The molecule has 1 nitrogen and oxygen atoms in total. The van der Waals surface area contributed by atoms with Gasteiger partial charge in [-0.1, -0.05) is 6.92 Å². The van der Waals surface area contributed by atoms with Crippen molar-refractivity contribution in [2.45, 2.75) is 32.2 Å². The first-order valence-corrected chi connectivity index (χ1v) is 12.5. The molecule has 0 saturated heterocycles. The third-order valence-electron chi connectivity index (χ3n) is 19.4. The summed E-state index contributed by atoms with van der Waals surface area (Å²) in [5, 5.41) is 0. The Labute approximate surface area is 152 Å². The third kappa shape index (κ3) is 0.252. The van der Waals surface area contributed by atoms with Crippen LogP contribution in [0.4, 0.5) is 0 Å². The lowest BCUT2D eigenvalue weighted by Crippen LogP contribution is -3.45. The number of fused-ring (bicyclic) bond motifs is 6. The van der Waals surface area contributed by atoms with Crippen LogP contribution >= 0.6 is 0 Å². The molecule has 15 saturated carbocycles. The molecule has 15 aliphatic rings. The Hall–Kier alpha value is -0.0400. The lowest BCUT2D eigenvalue weighted by molar-refractivity contribution is -1.01. The maximum Gasteiger partial charge on any atom is 0.0147 e. The molecule has 0 aromatic heterocycles. The zero-order valence-corrected chi connectivity index (χ0v) is 15.1. The van der Waals surface area contributed by atoms with Crippen LogP contribution in [-0.2, 0) is 0 Å². The van der Waals surface area contributed by atoms with Gasteiger partial charge in [0.05, 0.1) is 0 Å². The Morgan fingerprint density at radius 3 is 1.58 bits per heavy atom. The molecule has 9 spiro atoms. The normalized spacial score (nSPS) is 119. The van der Waals surface area contributed by atoms with E-state index in [1.54, 1.807) is 19.3 Å². The molecular weight excluding hydrogens is 314 g/mol. The molecule has 0 amide bonds. The molecule has 128 valence electrons. The number of nitrogens with two attached hydrogens (primary N) is 1. The second-order valence-corrected chi connectivity index (χ2v) is 15.2. The van der Waals surface area contributed by atoms with Gasteiger partial charge in [0.15, 0.2) is 0 Å². The fourth-order valence-corrected chi connectivity index (χ4v) is 23.2. The van der Waals surface area contributed by atoms with E-state index in [0.29, 0.717) is 6.04 Å². The largest absolute Gasteiger partial charge is 0.327 e. The number of hydrogen-bond donors (Lipinski definition) is 1. The quantitative estimate of drug-likeness (QED) is 0.722. The minimum atomic E-state index is 0.671. The van der Waals surface area contributed by atoms with Gasteiger partial charge in [0.1, 0.15) is 0 Å². The molecule has 0 radical (unpaired) electrons. The molecule has 15 fully saturated rings. The molecule has 26 heavy (non-hydrogen) atoms. The summed E-state index contributed by atoms with van der Waals surface area (Å²) in [6.45, 7) is 2.73. The van der Waals surface area contributed by atoms with Crippen molar-refractivity contribution in [2.24, 2.45) is 120 Å². The van der Waals surface area contributed by atoms with Crippen molar-refractivity contribution in [3.05, 3.63) is 0 Å². The molecule has 1 heteroatoms. The molecule has 2 N–H and O–H groups in total. The molecule has 21 unspecified atom stereocenters. The Morgan fingerprint density at radius 2 is 1.00 bits per heavy atom. The van der Waals surface area contributed by atoms with Gasteiger partial charge in [-0.3, -0.25) is 0 Å². The van der Waals surface area contributed by atoms with Crippen molar-refractivity contribution in [3.63, 3.8) is 0 Å². The Balaban J connectivity index is 1.24. The molecule has 15 aliphatic carbocycles. The standard InChI is InChI=1S/C25H23N/c1-5-12-6-2-7-13-8-3-9-14-10-4-11-15-16(26)17(5)21(12)18(6,7)22(13)19(8,9)23(14)20(10,11)24(15,17)25(21,22)23/h5-16H,2-4,26H2,1H3. The lowest BCUT2D eigenvalue weighted by atomic mass is 8.56. The van der Waals surface area contributed by atoms with Gasteiger partial charge in [-0.2, -0.15) is 0 Å². The first-order chi connectivity index (χ1) is 12.7. The summed E-state index contributed by atoms with van der Waals surface area (Å²) in [5.74, 6) is 13.4. The summed E-state index contributed by atoms with van der Waals surface area (Å²) in [6.07, 6.45) is 5.09. The summed E-state index contributed by atoms with van der Waals surface area (Å²) in [7, 11) is 0. The monoisotopic (exact) mass is 337 g/mol. The fraction of sp³-hybridized carbons (Fsp3) is 1.00. The minimum Gasteiger partial charge on any atom is -0.327 e. The van der Waals surface area contributed by atoms with Gasteiger partial charge in [-0.05, 0) is 128 Å². The lowest BCUT2D eigenvalue weighted by Gasteiger charge is -3.46. The summed E-state index contributed by atoms with van der Waals surface area (Å²) in [4.78, 5) is 0. The van der Waals surface area contributed by atoms with Crippen molar-refractivity contribution in [3.8, 4) is 0 Å². The van der Waals surface area contributed by atoms with E-state index in [2.05, 4.69) is 6.92 Å². The summed E-state index contributed by atoms with van der Waals surface area (Å²) >= 11 is 0. The predicted molar refractivity (Wildman–Crippen MR) is 87.8 cm³/mol. The zero-order chi connectivity index (χ0) is 15.5. The number of rotatable bonds is 0. The zero-order valence-electron chi connectivity index (χ0n) is 15.1. The van der Waals surface area contributed by atoms with Crippen LogP contribution < -0.4 is 5.73 Å². The van der Waals surface area contributed by atoms with E-state index in [1.807, 2.05) is 0 Å². The van der Waals surface area contributed by atoms with Crippen LogP contribution in [0.15, 0.2) is 0 Å². The molecule has 0 heterocycles. The van der Waals surface area contributed by atoms with Crippen LogP contribution in [0.25, 0.3) is 0 Å². The Bertz CT molecular complexity index is 1110. The highest BCUT2D eigenvalue weighted by Gasteiger charge is 3.46. The first-order valence-electron chi connectivity index (χ1n) is 12.5. The van der Waals surface area contributed by atoms with E-state index >= 15 is 0 Å². The molecule has 0 aromatic carbocycles. The van der Waals surface area contributed by atoms with E-state index < -0.39 is 0 Å². The predicted octanol–water partition coefficient (Wildman–Crippen LogP) is 2.36. The second-order valence-electron chi connectivity index (χ2n) is 15.2. The average Bonchev–Trinajstić information content (AvgIpc) is 2.51. The Morgan fingerprint density at radius 1 is 0.577 bits per heavy atom. The summed E-state index contributed by atoms with van der Waals surface area (Å²) in [5.41, 5.74) is 15.9. The molecule has 15 rings (SSSR count). The van der Waals surface area contributed by atoms with Crippen molar-refractivity contribution >= 4 is 0 Å². The number of hydrogen-bond acceptors (Lipinski definition) is 1. The van der Waals surface area contributed by atoms with E-state index in [9.17, 15) is 0 Å². The fourth-order valence-electron chi connectivity index (χ4n) is 23.2. The van der Waals surface area contributed by atoms with Gasteiger partial charge in [0.2, 0.25) is 0 Å². The van der Waals surface area contributed by atoms with Crippen molar-refractivity contribution in [2.75, 3.05) is 0 Å². The topological polar surface area (TPSA) is 26.0 Å². The molecular formula is C25H23N. The van der Waals surface area contributed by atoms with E-state index in [4.69, 9.17) is 5.73 Å². The van der Waals surface area contributed by atoms with Crippen LogP contribution in [0, 0.1) is 114 Å². The van der Waals surface area contributed by atoms with Crippen molar-refractivity contribution in [1.82, 2.24) is 0 Å². The Kier molecular flexibility index (Phi) is 0.646. The van der Waals surface area contributed by atoms with Crippen LogP contribution in [0.1, 0.15) is 26.2 Å². The van der Waals surface area contributed by atoms with Gasteiger partial charge in [0.25, 0.3) is 0 Å². The van der Waals surface area contributed by atoms with E-state index in [1.165, 1.54) is 47.3 Å². The minimum absolute atomic E-state index is 0.671. The van der Waals surface area contributed by atoms with Crippen molar-refractivity contribution in [1.29, 1.82) is 0 Å². The van der Waals surface area contributed by atoms with Gasteiger partial charge in [-0.15, -0.1) is 0 Å². The third-order valence-corrected chi connectivity index (χ3v) is 19.4. The highest BCUT2D eigenvalue weighted by molar-refractivity contribution is 5.91.